The highest BCUT2D eigenvalue weighted by molar-refractivity contribution is 5.76. The van der Waals surface area contributed by atoms with Crippen LogP contribution in [0.4, 0.5) is 0 Å². The van der Waals surface area contributed by atoms with E-state index in [0.717, 1.165) is 50.4 Å². The predicted octanol–water partition coefficient (Wildman–Crippen LogP) is 3.74. The highest BCUT2D eigenvalue weighted by Gasteiger charge is 2.73. The van der Waals surface area contributed by atoms with Crippen LogP contribution in [0.5, 0.6) is 0 Å². The van der Waals surface area contributed by atoms with Gasteiger partial charge in [0, 0.05) is 23.2 Å². The number of fused-ring (bicyclic) bond motifs is 4. The van der Waals surface area contributed by atoms with Crippen molar-refractivity contribution in [1.29, 1.82) is 0 Å². The third-order valence-electron chi connectivity index (χ3n) is 9.83. The molecule has 0 amide bonds. The fourth-order valence-corrected chi connectivity index (χ4v) is 8.19. The number of methoxy groups -OCH3 is 1. The minimum absolute atomic E-state index is 0.0511. The van der Waals surface area contributed by atoms with Crippen molar-refractivity contribution in [3.63, 3.8) is 0 Å². The van der Waals surface area contributed by atoms with Crippen LogP contribution >= 0.6 is 0 Å². The molecule has 0 aromatic heterocycles. The summed E-state index contributed by atoms with van der Waals surface area (Å²) in [6.07, 6.45) is 8.39. The molecule has 7 atom stereocenters. The Kier molecular flexibility index (Phi) is 5.39. The van der Waals surface area contributed by atoms with E-state index >= 15 is 0 Å². The fraction of sp³-hybridized carbons (Fsp3) is 0.800. The van der Waals surface area contributed by atoms with E-state index in [1.165, 1.54) is 7.11 Å². The van der Waals surface area contributed by atoms with Crippen LogP contribution in [0.15, 0.2) is 11.6 Å². The molecule has 1 spiro atoms. The number of rotatable bonds is 4. The first-order chi connectivity index (χ1) is 14.6. The zero-order valence-corrected chi connectivity index (χ0v) is 19.2. The lowest BCUT2D eigenvalue weighted by atomic mass is 9.42. The van der Waals surface area contributed by atoms with Gasteiger partial charge in [-0.15, -0.1) is 0 Å². The number of allylic oxidation sites excluding steroid dienone is 1. The highest BCUT2D eigenvalue weighted by atomic mass is 16.6. The first-order valence-corrected chi connectivity index (χ1v) is 11.8. The van der Waals surface area contributed by atoms with Gasteiger partial charge in [-0.3, -0.25) is 14.4 Å². The third kappa shape index (κ3) is 2.82. The molecule has 4 fully saturated rings. The zero-order chi connectivity index (χ0) is 22.7. The van der Waals surface area contributed by atoms with Gasteiger partial charge in [0.05, 0.1) is 18.6 Å². The molecule has 6 heteroatoms. The molecule has 0 aromatic rings. The lowest BCUT2D eigenvalue weighted by Crippen LogP contribution is -2.67. The molecule has 1 heterocycles. The van der Waals surface area contributed by atoms with E-state index < -0.39 is 22.5 Å². The van der Waals surface area contributed by atoms with Crippen molar-refractivity contribution in [2.24, 2.45) is 28.6 Å². The number of hydrogen-bond acceptors (Lipinski definition) is 6. The zero-order valence-electron chi connectivity index (χ0n) is 19.2. The van der Waals surface area contributed by atoms with Crippen LogP contribution in [0.2, 0.25) is 0 Å². The predicted molar refractivity (Wildman–Crippen MR) is 114 cm³/mol. The number of aliphatic hydroxyl groups is 1. The largest absolute Gasteiger partial charge is 0.469 e. The van der Waals surface area contributed by atoms with Crippen LogP contribution in [0, 0.1) is 28.6 Å². The summed E-state index contributed by atoms with van der Waals surface area (Å²) in [6.45, 7) is 6.35. The summed E-state index contributed by atoms with van der Waals surface area (Å²) in [5.41, 5.74) is -1.62. The summed E-state index contributed by atoms with van der Waals surface area (Å²) in [7, 11) is 1.39. The second-order valence-corrected chi connectivity index (χ2v) is 10.7. The summed E-state index contributed by atoms with van der Waals surface area (Å²) in [4.78, 5) is 36.6. The van der Waals surface area contributed by atoms with Crippen LogP contribution in [0.3, 0.4) is 0 Å². The maximum absolute atomic E-state index is 13.0. The van der Waals surface area contributed by atoms with E-state index in [9.17, 15) is 19.5 Å². The summed E-state index contributed by atoms with van der Waals surface area (Å²) in [5.74, 6) is -1.22. The molecule has 6 nitrogen and oxygen atoms in total. The molecule has 4 rings (SSSR count). The first-order valence-electron chi connectivity index (χ1n) is 11.8. The second kappa shape index (κ2) is 7.43. The molecule has 3 aliphatic carbocycles. The molecule has 4 unspecified atom stereocenters. The molecule has 172 valence electrons. The van der Waals surface area contributed by atoms with Crippen LogP contribution < -0.4 is 0 Å². The number of carbonyl (C=O) groups excluding carboxylic acids is 3. The van der Waals surface area contributed by atoms with E-state index in [2.05, 4.69) is 20.8 Å². The maximum atomic E-state index is 13.0. The van der Waals surface area contributed by atoms with Crippen molar-refractivity contribution in [3.8, 4) is 0 Å². The average molecular weight is 433 g/mol. The first kappa shape index (κ1) is 22.5. The molecule has 0 aromatic carbocycles. The van der Waals surface area contributed by atoms with E-state index in [-0.39, 0.29) is 29.2 Å². The standard InChI is InChI=1S/C25H36O6/c1-5-9-22(2)16(8-14-26)15-17(21(28)30-4)20-18-6-10-24(11-7-19(27)31-24)23(18,3)12-13-25(20,22)29/h8,14,17-18,20,29H,5-7,9-13,15H2,1-4H3/b16-8-/t17-,18?,20?,22?,23?,24-,25-/m1/s1. The molecular weight excluding hydrogens is 396 g/mol. The molecule has 1 aliphatic heterocycles. The Morgan fingerprint density at radius 2 is 2.00 bits per heavy atom. The smallest absolute Gasteiger partial charge is 0.309 e. The van der Waals surface area contributed by atoms with E-state index in [1.807, 2.05) is 0 Å². The topological polar surface area (TPSA) is 89.9 Å². The SMILES string of the molecule is CCCC1(C)/C(=C\C=O)C[C@@H](C(=O)OC)C2C3CC[C@@]4(CCC(=O)O4)C3(C)CC[C@@]21O. The lowest BCUT2D eigenvalue weighted by Gasteiger charge is -2.64. The Morgan fingerprint density at radius 1 is 1.26 bits per heavy atom. The Morgan fingerprint density at radius 3 is 2.58 bits per heavy atom. The summed E-state index contributed by atoms with van der Waals surface area (Å²) in [5, 5.41) is 12.4. The molecule has 3 saturated carbocycles. The Bertz CT molecular complexity index is 819. The highest BCUT2D eigenvalue weighted by Crippen LogP contribution is 2.71. The van der Waals surface area contributed by atoms with Gasteiger partial charge < -0.3 is 14.6 Å². The monoisotopic (exact) mass is 432 g/mol. The minimum Gasteiger partial charge on any atom is -0.469 e. The van der Waals surface area contributed by atoms with Crippen LogP contribution in [0.1, 0.15) is 78.6 Å². The summed E-state index contributed by atoms with van der Waals surface area (Å²) < 4.78 is 11.2. The van der Waals surface area contributed by atoms with Gasteiger partial charge in [-0.1, -0.05) is 32.8 Å². The Balaban J connectivity index is 1.85. The van der Waals surface area contributed by atoms with Crippen molar-refractivity contribution in [2.75, 3.05) is 7.11 Å². The van der Waals surface area contributed by atoms with Crippen molar-refractivity contribution < 1.29 is 29.0 Å². The van der Waals surface area contributed by atoms with Crippen molar-refractivity contribution in [3.05, 3.63) is 11.6 Å². The summed E-state index contributed by atoms with van der Waals surface area (Å²) >= 11 is 0. The number of esters is 2. The van der Waals surface area contributed by atoms with Gasteiger partial charge in [0.15, 0.2) is 0 Å². The second-order valence-electron chi connectivity index (χ2n) is 10.7. The third-order valence-corrected chi connectivity index (χ3v) is 9.83. The quantitative estimate of drug-likeness (QED) is 0.413. The molecular formula is C25H36O6. The van der Waals surface area contributed by atoms with Gasteiger partial charge in [-0.05, 0) is 56.9 Å². The molecule has 0 radical (unpaired) electrons. The normalized spacial score (nSPS) is 47.7. The molecule has 31 heavy (non-hydrogen) atoms. The number of hydrogen-bond donors (Lipinski definition) is 1. The van der Waals surface area contributed by atoms with Crippen LogP contribution in [-0.2, 0) is 23.9 Å². The van der Waals surface area contributed by atoms with Gasteiger partial charge in [-0.25, -0.2) is 0 Å². The lowest BCUT2D eigenvalue weighted by molar-refractivity contribution is -0.228. The fourth-order valence-electron chi connectivity index (χ4n) is 8.19. The van der Waals surface area contributed by atoms with Gasteiger partial charge in [-0.2, -0.15) is 0 Å². The van der Waals surface area contributed by atoms with Crippen LogP contribution in [-0.4, -0.2) is 41.6 Å². The minimum atomic E-state index is -1.12. The number of carbonyl (C=O) groups is 3. The van der Waals surface area contributed by atoms with E-state index in [1.54, 1.807) is 6.08 Å². The van der Waals surface area contributed by atoms with Gasteiger partial charge in [0.25, 0.3) is 0 Å². The molecule has 1 N–H and O–H groups in total. The van der Waals surface area contributed by atoms with Crippen LogP contribution in [0.25, 0.3) is 0 Å². The van der Waals surface area contributed by atoms with Gasteiger partial charge in [0.2, 0.25) is 0 Å². The Hall–Kier alpha value is -1.69. The van der Waals surface area contributed by atoms with Crippen molar-refractivity contribution in [1.82, 2.24) is 0 Å². The number of aldehydes is 1. The molecule has 4 aliphatic rings. The average Bonchev–Trinajstić information content (AvgIpc) is 3.25. The van der Waals surface area contributed by atoms with Gasteiger partial charge in [0.1, 0.15) is 11.9 Å². The van der Waals surface area contributed by atoms with E-state index in [4.69, 9.17) is 9.47 Å². The summed E-state index contributed by atoms with van der Waals surface area (Å²) in [6, 6.07) is 0. The van der Waals surface area contributed by atoms with E-state index in [0.29, 0.717) is 19.3 Å². The number of ether oxygens (including phenoxy) is 2. The molecule has 1 saturated heterocycles. The molecule has 0 bridgehead atoms. The van der Waals surface area contributed by atoms with Crippen molar-refractivity contribution in [2.45, 2.75) is 89.8 Å². The maximum Gasteiger partial charge on any atom is 0.309 e. The van der Waals surface area contributed by atoms with Crippen molar-refractivity contribution >= 4 is 18.2 Å². The Labute approximate surface area is 184 Å². The van der Waals surface area contributed by atoms with Gasteiger partial charge >= 0.3 is 11.9 Å².